The molecule has 0 bridgehead atoms. The first kappa shape index (κ1) is 15.4. The molecule has 1 aromatic heterocycles. The summed E-state index contributed by atoms with van der Waals surface area (Å²) in [5.41, 5.74) is 0.0636. The van der Waals surface area contributed by atoms with Crippen LogP contribution in [0.5, 0.6) is 0 Å². The molecule has 0 saturated heterocycles. The quantitative estimate of drug-likeness (QED) is 0.663. The number of carboxylic acid groups (broad SMARTS) is 1. The third-order valence-corrected chi connectivity index (χ3v) is 4.70. The first-order chi connectivity index (χ1) is 9.75. The number of carbonyl (C=O) groups is 1. The fraction of sp³-hybridized carbons (Fsp3) is 0.500. The summed E-state index contributed by atoms with van der Waals surface area (Å²) in [4.78, 5) is 11.9. The summed E-state index contributed by atoms with van der Waals surface area (Å²) in [5.74, 6) is 3.20. The number of hydrogen-bond donors (Lipinski definition) is 1. The van der Waals surface area contributed by atoms with E-state index in [1.807, 2.05) is 39.8 Å². The van der Waals surface area contributed by atoms with Gasteiger partial charge in [0.2, 0.25) is 0 Å². The molecule has 21 heavy (non-hydrogen) atoms. The fourth-order valence-corrected chi connectivity index (χ4v) is 3.39. The summed E-state index contributed by atoms with van der Waals surface area (Å²) >= 11 is 0. The zero-order valence-electron chi connectivity index (χ0n) is 13.1. The molecule has 1 aromatic rings. The van der Waals surface area contributed by atoms with Gasteiger partial charge in [-0.25, -0.2) is 0 Å². The van der Waals surface area contributed by atoms with Crippen LogP contribution in [0.4, 0.5) is 0 Å². The maximum atomic E-state index is 11.9. The highest BCUT2D eigenvalue weighted by molar-refractivity contribution is 5.82. The average molecular weight is 286 g/mol. The van der Waals surface area contributed by atoms with Crippen molar-refractivity contribution in [2.24, 2.45) is 16.7 Å². The summed E-state index contributed by atoms with van der Waals surface area (Å²) in [6, 6.07) is 3.67. The van der Waals surface area contributed by atoms with Crippen molar-refractivity contribution in [3.63, 3.8) is 0 Å². The molecule has 1 fully saturated rings. The molecule has 1 aliphatic carbocycles. The van der Waals surface area contributed by atoms with Gasteiger partial charge in [0, 0.05) is 12.3 Å². The first-order valence-electron chi connectivity index (χ1n) is 7.15. The highest BCUT2D eigenvalue weighted by Crippen LogP contribution is 2.71. The maximum absolute atomic E-state index is 11.9. The lowest BCUT2D eigenvalue weighted by molar-refractivity contribution is -0.145. The lowest BCUT2D eigenvalue weighted by Crippen LogP contribution is -2.24. The molecule has 1 saturated carbocycles. The molecule has 2 atom stereocenters. The normalized spacial score (nSPS) is 26.0. The van der Waals surface area contributed by atoms with E-state index >= 15 is 0 Å². The molecule has 0 spiro atoms. The van der Waals surface area contributed by atoms with E-state index in [-0.39, 0.29) is 11.3 Å². The molecule has 0 aromatic carbocycles. The van der Waals surface area contributed by atoms with Gasteiger partial charge in [0.1, 0.15) is 11.5 Å². The van der Waals surface area contributed by atoms with E-state index in [2.05, 4.69) is 12.0 Å². The molecular weight excluding hydrogens is 264 g/mol. The Morgan fingerprint density at radius 3 is 2.57 bits per heavy atom. The molecule has 0 amide bonds. The summed E-state index contributed by atoms with van der Waals surface area (Å²) in [7, 11) is 0. The van der Waals surface area contributed by atoms with Crippen LogP contribution in [0.3, 0.4) is 0 Å². The topological polar surface area (TPSA) is 50.4 Å². The Morgan fingerprint density at radius 1 is 1.43 bits per heavy atom. The highest BCUT2D eigenvalue weighted by atomic mass is 16.4. The molecule has 1 unspecified atom stereocenters. The van der Waals surface area contributed by atoms with Crippen LogP contribution in [-0.2, 0) is 17.6 Å². The van der Waals surface area contributed by atoms with Crippen molar-refractivity contribution in [1.29, 1.82) is 0 Å². The Bertz CT molecular complexity index is 623. The maximum Gasteiger partial charge on any atom is 0.311 e. The van der Waals surface area contributed by atoms with E-state index in [1.54, 1.807) is 0 Å². The Balaban J connectivity index is 2.31. The Hall–Kier alpha value is -1.95. The van der Waals surface area contributed by atoms with Gasteiger partial charge in [0.05, 0.1) is 11.8 Å². The summed E-state index contributed by atoms with van der Waals surface area (Å²) in [6.07, 6.45) is 8.16. The Morgan fingerprint density at radius 2 is 2.05 bits per heavy atom. The zero-order valence-corrected chi connectivity index (χ0v) is 13.1. The van der Waals surface area contributed by atoms with E-state index in [1.165, 1.54) is 0 Å². The third kappa shape index (κ3) is 2.40. The van der Waals surface area contributed by atoms with Crippen LogP contribution in [0, 0.1) is 29.1 Å². The monoisotopic (exact) mass is 286 g/mol. The molecule has 112 valence electrons. The smallest absolute Gasteiger partial charge is 0.311 e. The number of hydrogen-bond acceptors (Lipinski definition) is 2. The van der Waals surface area contributed by atoms with Crippen molar-refractivity contribution in [1.82, 2.24) is 0 Å². The minimum absolute atomic E-state index is 0.0219. The molecule has 1 aliphatic rings. The molecule has 0 radical (unpaired) electrons. The van der Waals surface area contributed by atoms with Crippen LogP contribution in [0.15, 0.2) is 28.2 Å². The van der Waals surface area contributed by atoms with Gasteiger partial charge < -0.3 is 9.52 Å². The van der Waals surface area contributed by atoms with Crippen LogP contribution < -0.4 is 0 Å². The predicted molar refractivity (Wildman–Crippen MR) is 81.7 cm³/mol. The number of aliphatic carboxylic acids is 1. The van der Waals surface area contributed by atoms with Gasteiger partial charge in [-0.1, -0.05) is 31.4 Å². The SMILES string of the molecule is C#CCc1ccc(C[C@@]2(C(=O)O)C(C=C(C)C)C2(C)C)o1. The van der Waals surface area contributed by atoms with E-state index in [9.17, 15) is 9.90 Å². The van der Waals surface area contributed by atoms with Crippen molar-refractivity contribution in [3.05, 3.63) is 35.3 Å². The van der Waals surface area contributed by atoms with Crippen LogP contribution >= 0.6 is 0 Å². The van der Waals surface area contributed by atoms with E-state index in [4.69, 9.17) is 10.8 Å². The Labute approximate surface area is 126 Å². The first-order valence-corrected chi connectivity index (χ1v) is 7.15. The summed E-state index contributed by atoms with van der Waals surface area (Å²) in [5, 5.41) is 9.79. The Kier molecular flexibility index (Phi) is 3.76. The molecular formula is C18H22O3. The number of allylic oxidation sites excluding steroid dienone is 2. The van der Waals surface area contributed by atoms with Crippen molar-refractivity contribution in [2.75, 3.05) is 0 Å². The van der Waals surface area contributed by atoms with Crippen molar-refractivity contribution >= 4 is 5.97 Å². The second-order valence-corrected chi connectivity index (χ2v) is 6.65. The average Bonchev–Trinajstić information content (AvgIpc) is 2.72. The number of rotatable bonds is 5. The van der Waals surface area contributed by atoms with Gasteiger partial charge in [-0.2, -0.15) is 0 Å². The fourth-order valence-electron chi connectivity index (χ4n) is 3.39. The second-order valence-electron chi connectivity index (χ2n) is 6.65. The van der Waals surface area contributed by atoms with Gasteiger partial charge in [-0.3, -0.25) is 4.79 Å². The zero-order chi connectivity index (χ0) is 15.8. The van der Waals surface area contributed by atoms with Gasteiger partial charge in [0.15, 0.2) is 0 Å². The van der Waals surface area contributed by atoms with E-state index in [0.717, 1.165) is 5.57 Å². The predicted octanol–water partition coefficient (Wildman–Crippen LogP) is 3.69. The molecule has 3 nitrogen and oxygen atoms in total. The summed E-state index contributed by atoms with van der Waals surface area (Å²) < 4.78 is 5.67. The standard InChI is InChI=1S/C18H22O3/c1-6-7-13-8-9-14(21-13)11-18(16(19)20)15(10-12(2)3)17(18,4)5/h1,8-10,15H,7,11H2,2-5H3,(H,19,20)/t15?,18-/m0/s1. The van der Waals surface area contributed by atoms with Gasteiger partial charge in [-0.05, 0) is 31.4 Å². The second kappa shape index (κ2) is 5.11. The van der Waals surface area contributed by atoms with Crippen LogP contribution in [0.25, 0.3) is 0 Å². The minimum atomic E-state index is -0.796. The van der Waals surface area contributed by atoms with Crippen LogP contribution in [0.2, 0.25) is 0 Å². The largest absolute Gasteiger partial charge is 0.481 e. The number of terminal acetylenes is 1. The summed E-state index contributed by atoms with van der Waals surface area (Å²) in [6.45, 7) is 8.02. The number of carboxylic acids is 1. The van der Waals surface area contributed by atoms with Crippen molar-refractivity contribution in [2.45, 2.75) is 40.5 Å². The van der Waals surface area contributed by atoms with Gasteiger partial charge >= 0.3 is 5.97 Å². The molecule has 3 heteroatoms. The molecule has 0 aliphatic heterocycles. The van der Waals surface area contributed by atoms with Crippen LogP contribution in [0.1, 0.15) is 39.2 Å². The lowest BCUT2D eigenvalue weighted by Gasteiger charge is -2.13. The lowest BCUT2D eigenvalue weighted by atomic mass is 9.91. The van der Waals surface area contributed by atoms with Gasteiger partial charge in [-0.15, -0.1) is 6.42 Å². The molecule has 1 heterocycles. The van der Waals surface area contributed by atoms with Crippen LogP contribution in [-0.4, -0.2) is 11.1 Å². The molecule has 2 rings (SSSR count). The molecule has 1 N–H and O–H groups in total. The van der Waals surface area contributed by atoms with Gasteiger partial charge in [0.25, 0.3) is 0 Å². The number of furan rings is 1. The van der Waals surface area contributed by atoms with E-state index in [0.29, 0.717) is 24.4 Å². The van der Waals surface area contributed by atoms with E-state index < -0.39 is 11.4 Å². The minimum Gasteiger partial charge on any atom is -0.481 e. The highest BCUT2D eigenvalue weighted by Gasteiger charge is 2.74. The van der Waals surface area contributed by atoms with Crippen molar-refractivity contribution < 1.29 is 14.3 Å². The van der Waals surface area contributed by atoms with Crippen molar-refractivity contribution in [3.8, 4) is 12.3 Å². The third-order valence-electron chi connectivity index (χ3n) is 4.70.